The summed E-state index contributed by atoms with van der Waals surface area (Å²) in [5, 5.41) is 3.64. The summed E-state index contributed by atoms with van der Waals surface area (Å²) < 4.78 is 10.6. The first kappa shape index (κ1) is 13.3. The van der Waals surface area contributed by atoms with E-state index in [9.17, 15) is 0 Å². The Labute approximate surface area is 105 Å². The topological polar surface area (TPSA) is 33.7 Å². The molecule has 2 rings (SSSR count). The lowest BCUT2D eigenvalue weighted by Crippen LogP contribution is -2.39. The van der Waals surface area contributed by atoms with E-state index in [1.807, 2.05) is 0 Å². The third kappa shape index (κ3) is 4.54. The lowest BCUT2D eigenvalue weighted by Gasteiger charge is -2.24. The third-order valence-electron chi connectivity index (χ3n) is 3.85. The summed E-state index contributed by atoms with van der Waals surface area (Å²) in [7, 11) is 1.80. The van der Waals surface area contributed by atoms with E-state index in [4.69, 9.17) is 9.47 Å². The van der Waals surface area contributed by atoms with Gasteiger partial charge in [-0.05, 0) is 31.7 Å². The first-order valence-corrected chi connectivity index (χ1v) is 6.91. The number of hydrogen-bond acceptors (Lipinski definition) is 4. The molecule has 0 aromatic carbocycles. The van der Waals surface area contributed by atoms with E-state index in [-0.39, 0.29) is 0 Å². The van der Waals surface area contributed by atoms with Crippen molar-refractivity contribution >= 4 is 0 Å². The summed E-state index contributed by atoms with van der Waals surface area (Å²) in [6, 6.07) is 0.682. The third-order valence-corrected chi connectivity index (χ3v) is 3.85. The number of ether oxygens (including phenoxy) is 2. The van der Waals surface area contributed by atoms with E-state index in [2.05, 4.69) is 10.2 Å². The lowest BCUT2D eigenvalue weighted by molar-refractivity contribution is 0.0773. The van der Waals surface area contributed by atoms with Crippen LogP contribution in [0.2, 0.25) is 0 Å². The second-order valence-corrected chi connectivity index (χ2v) is 5.25. The Morgan fingerprint density at radius 3 is 2.88 bits per heavy atom. The van der Waals surface area contributed by atoms with Crippen LogP contribution in [-0.2, 0) is 9.47 Å². The van der Waals surface area contributed by atoms with Gasteiger partial charge in [-0.25, -0.2) is 0 Å². The van der Waals surface area contributed by atoms with Crippen molar-refractivity contribution in [2.24, 2.45) is 5.92 Å². The Morgan fingerprint density at radius 2 is 2.12 bits per heavy atom. The second kappa shape index (κ2) is 7.31. The van der Waals surface area contributed by atoms with Crippen molar-refractivity contribution < 1.29 is 9.47 Å². The fraction of sp³-hybridized carbons (Fsp3) is 1.00. The SMILES string of the molecule is COCC1CCN(CCNC2CCOCC2)C1. The molecule has 17 heavy (non-hydrogen) atoms. The highest BCUT2D eigenvalue weighted by molar-refractivity contribution is 4.77. The van der Waals surface area contributed by atoms with Gasteiger partial charge in [0.2, 0.25) is 0 Å². The number of hydrogen-bond donors (Lipinski definition) is 1. The molecule has 2 aliphatic heterocycles. The molecule has 1 unspecified atom stereocenters. The molecule has 1 N–H and O–H groups in total. The van der Waals surface area contributed by atoms with Gasteiger partial charge in [0.1, 0.15) is 0 Å². The Balaban J connectivity index is 1.53. The van der Waals surface area contributed by atoms with Crippen LogP contribution in [0, 0.1) is 5.92 Å². The van der Waals surface area contributed by atoms with E-state index >= 15 is 0 Å². The maximum absolute atomic E-state index is 5.36. The Hall–Kier alpha value is -0.160. The van der Waals surface area contributed by atoms with Crippen LogP contribution in [0.1, 0.15) is 19.3 Å². The maximum Gasteiger partial charge on any atom is 0.0503 e. The van der Waals surface area contributed by atoms with Crippen LogP contribution in [-0.4, -0.2) is 64.1 Å². The Kier molecular flexibility index (Phi) is 5.71. The molecule has 1 atom stereocenters. The molecule has 0 aromatic rings. The minimum absolute atomic E-state index is 0.682. The molecule has 2 heterocycles. The summed E-state index contributed by atoms with van der Waals surface area (Å²) in [4.78, 5) is 2.55. The number of nitrogens with zero attached hydrogens (tertiary/aromatic N) is 1. The van der Waals surface area contributed by atoms with E-state index in [1.165, 1.54) is 38.9 Å². The van der Waals surface area contributed by atoms with Gasteiger partial charge in [-0.2, -0.15) is 0 Å². The van der Waals surface area contributed by atoms with Gasteiger partial charge < -0.3 is 19.7 Å². The van der Waals surface area contributed by atoms with Crippen molar-refractivity contribution in [2.45, 2.75) is 25.3 Å². The van der Waals surface area contributed by atoms with Crippen molar-refractivity contribution in [1.82, 2.24) is 10.2 Å². The van der Waals surface area contributed by atoms with E-state index in [1.54, 1.807) is 7.11 Å². The highest BCUT2D eigenvalue weighted by atomic mass is 16.5. The first-order valence-electron chi connectivity index (χ1n) is 6.91. The average Bonchev–Trinajstić information content (AvgIpc) is 2.79. The maximum atomic E-state index is 5.36. The van der Waals surface area contributed by atoms with Gasteiger partial charge in [0.05, 0.1) is 6.61 Å². The van der Waals surface area contributed by atoms with E-state index in [0.717, 1.165) is 32.3 Å². The number of nitrogens with one attached hydrogen (secondary N) is 1. The molecule has 2 fully saturated rings. The molecule has 0 aromatic heterocycles. The zero-order valence-corrected chi connectivity index (χ0v) is 11.0. The normalized spacial score (nSPS) is 27.7. The molecule has 2 saturated heterocycles. The summed E-state index contributed by atoms with van der Waals surface area (Å²) in [5.74, 6) is 0.753. The monoisotopic (exact) mass is 242 g/mol. The lowest BCUT2D eigenvalue weighted by atomic mass is 10.1. The van der Waals surface area contributed by atoms with E-state index in [0.29, 0.717) is 6.04 Å². The molecule has 0 aliphatic carbocycles. The molecule has 100 valence electrons. The van der Waals surface area contributed by atoms with Crippen LogP contribution < -0.4 is 5.32 Å². The van der Waals surface area contributed by atoms with Gasteiger partial charge in [-0.15, -0.1) is 0 Å². The zero-order chi connectivity index (χ0) is 11.9. The summed E-state index contributed by atoms with van der Waals surface area (Å²) in [6.45, 7) is 7.52. The van der Waals surface area contributed by atoms with Crippen molar-refractivity contribution in [3.8, 4) is 0 Å². The second-order valence-electron chi connectivity index (χ2n) is 5.25. The molecule has 0 spiro atoms. The molecule has 0 amide bonds. The average molecular weight is 242 g/mol. The van der Waals surface area contributed by atoms with Crippen molar-refractivity contribution in [1.29, 1.82) is 0 Å². The summed E-state index contributed by atoms with van der Waals surface area (Å²) >= 11 is 0. The first-order chi connectivity index (χ1) is 8.38. The summed E-state index contributed by atoms with van der Waals surface area (Å²) in [5.41, 5.74) is 0. The van der Waals surface area contributed by atoms with Crippen LogP contribution in [0.4, 0.5) is 0 Å². The van der Waals surface area contributed by atoms with Crippen molar-refractivity contribution in [2.75, 3.05) is 53.1 Å². The zero-order valence-electron chi connectivity index (χ0n) is 11.0. The number of likely N-dealkylation sites (tertiary alicyclic amines) is 1. The molecule has 0 radical (unpaired) electrons. The molecular formula is C13H26N2O2. The minimum atomic E-state index is 0.682. The standard InChI is InChI=1S/C13H26N2O2/c1-16-11-12-2-6-15(10-12)7-5-14-13-3-8-17-9-4-13/h12-14H,2-11H2,1H3. The Bertz CT molecular complexity index is 208. The van der Waals surface area contributed by atoms with Gasteiger partial charge in [0.15, 0.2) is 0 Å². The van der Waals surface area contributed by atoms with Crippen LogP contribution in [0.3, 0.4) is 0 Å². The molecule has 2 aliphatic rings. The number of rotatable bonds is 6. The van der Waals surface area contributed by atoms with Gasteiger partial charge in [0, 0.05) is 46.0 Å². The molecule has 4 heteroatoms. The minimum Gasteiger partial charge on any atom is -0.384 e. The molecule has 4 nitrogen and oxygen atoms in total. The molecular weight excluding hydrogens is 216 g/mol. The predicted octanol–water partition coefficient (Wildman–Crippen LogP) is 0.723. The quantitative estimate of drug-likeness (QED) is 0.744. The highest BCUT2D eigenvalue weighted by Crippen LogP contribution is 2.15. The van der Waals surface area contributed by atoms with Crippen LogP contribution >= 0.6 is 0 Å². The molecule has 0 saturated carbocycles. The smallest absolute Gasteiger partial charge is 0.0503 e. The van der Waals surface area contributed by atoms with Crippen LogP contribution in [0.15, 0.2) is 0 Å². The van der Waals surface area contributed by atoms with Crippen LogP contribution in [0.5, 0.6) is 0 Å². The van der Waals surface area contributed by atoms with Crippen LogP contribution in [0.25, 0.3) is 0 Å². The largest absolute Gasteiger partial charge is 0.384 e. The van der Waals surface area contributed by atoms with Gasteiger partial charge in [-0.3, -0.25) is 0 Å². The van der Waals surface area contributed by atoms with E-state index < -0.39 is 0 Å². The van der Waals surface area contributed by atoms with Gasteiger partial charge in [-0.1, -0.05) is 0 Å². The van der Waals surface area contributed by atoms with Crippen molar-refractivity contribution in [3.05, 3.63) is 0 Å². The fourth-order valence-corrected chi connectivity index (χ4v) is 2.82. The van der Waals surface area contributed by atoms with Gasteiger partial charge >= 0.3 is 0 Å². The molecule has 0 bridgehead atoms. The fourth-order valence-electron chi connectivity index (χ4n) is 2.82. The predicted molar refractivity (Wildman–Crippen MR) is 68.3 cm³/mol. The highest BCUT2D eigenvalue weighted by Gasteiger charge is 2.22. The van der Waals surface area contributed by atoms with Crippen molar-refractivity contribution in [3.63, 3.8) is 0 Å². The Morgan fingerprint density at radius 1 is 1.29 bits per heavy atom. The number of methoxy groups -OCH3 is 1. The van der Waals surface area contributed by atoms with Gasteiger partial charge in [0.25, 0.3) is 0 Å². The summed E-state index contributed by atoms with van der Waals surface area (Å²) in [6.07, 6.45) is 3.64.